The highest BCUT2D eigenvalue weighted by Gasteiger charge is 2.16. The summed E-state index contributed by atoms with van der Waals surface area (Å²) in [6.07, 6.45) is 20.1. The zero-order valence-corrected chi connectivity index (χ0v) is 23.5. The second-order valence-electron chi connectivity index (χ2n) is 10.6. The number of hydrogen-bond donors (Lipinski definition) is 1. The van der Waals surface area contributed by atoms with Gasteiger partial charge < -0.3 is 5.11 Å². The van der Waals surface area contributed by atoms with Crippen molar-refractivity contribution in [2.75, 3.05) is 0 Å². The average molecular weight is 515 g/mol. The summed E-state index contributed by atoms with van der Waals surface area (Å²) in [7, 11) is 0. The fraction of sp³-hybridized carbons (Fsp3) is 0.500. The Balaban J connectivity index is 0.000000342. The molecular weight excluding hydrogens is 468 g/mol. The molecule has 1 heterocycles. The Bertz CT molecular complexity index is 1050. The number of carboxylic acids is 1. The number of hydrogen-bond acceptors (Lipinski definition) is 3. The van der Waals surface area contributed by atoms with Crippen molar-refractivity contribution in [2.45, 2.75) is 110 Å². The molecule has 1 aliphatic carbocycles. The minimum atomic E-state index is -0.670. The van der Waals surface area contributed by atoms with Crippen LogP contribution in [0, 0.1) is 0 Å². The molecular formula is C34H46N2O2. The van der Waals surface area contributed by atoms with Gasteiger partial charge in [0.05, 0.1) is 0 Å². The van der Waals surface area contributed by atoms with E-state index < -0.39 is 5.97 Å². The largest absolute Gasteiger partial charge is 0.481 e. The highest BCUT2D eigenvalue weighted by Crippen LogP contribution is 2.35. The first-order chi connectivity index (χ1) is 18.6. The van der Waals surface area contributed by atoms with Gasteiger partial charge in [-0.15, -0.1) is 0 Å². The lowest BCUT2D eigenvalue weighted by atomic mass is 9.95. The van der Waals surface area contributed by atoms with Crippen LogP contribution in [0.2, 0.25) is 0 Å². The summed E-state index contributed by atoms with van der Waals surface area (Å²) < 4.78 is 0. The Hall–Kier alpha value is -3.01. The van der Waals surface area contributed by atoms with Crippen molar-refractivity contribution in [3.8, 4) is 22.5 Å². The normalized spacial score (nSPS) is 13.2. The Morgan fingerprint density at radius 2 is 1.26 bits per heavy atom. The second kappa shape index (κ2) is 16.8. The molecule has 1 N–H and O–H groups in total. The summed E-state index contributed by atoms with van der Waals surface area (Å²) >= 11 is 0. The molecule has 1 aromatic heterocycles. The van der Waals surface area contributed by atoms with Gasteiger partial charge in [0, 0.05) is 24.4 Å². The fourth-order valence-corrected chi connectivity index (χ4v) is 5.11. The van der Waals surface area contributed by atoms with Gasteiger partial charge in [-0.1, -0.05) is 114 Å². The van der Waals surface area contributed by atoms with Crippen molar-refractivity contribution in [2.24, 2.45) is 0 Å². The van der Waals surface area contributed by atoms with E-state index in [1.54, 1.807) is 0 Å². The minimum Gasteiger partial charge on any atom is -0.481 e. The second-order valence-corrected chi connectivity index (χ2v) is 10.6. The van der Waals surface area contributed by atoms with Gasteiger partial charge in [-0.05, 0) is 60.3 Å². The molecule has 0 aliphatic heterocycles. The van der Waals surface area contributed by atoms with Gasteiger partial charge in [-0.3, -0.25) is 4.79 Å². The van der Waals surface area contributed by atoms with Crippen molar-refractivity contribution in [3.05, 3.63) is 72.1 Å². The van der Waals surface area contributed by atoms with Crippen LogP contribution in [-0.4, -0.2) is 21.0 Å². The van der Waals surface area contributed by atoms with E-state index in [1.807, 2.05) is 12.4 Å². The number of aromatic nitrogens is 2. The third kappa shape index (κ3) is 10.0. The van der Waals surface area contributed by atoms with Crippen LogP contribution >= 0.6 is 0 Å². The molecule has 0 radical (unpaired) electrons. The van der Waals surface area contributed by atoms with Gasteiger partial charge >= 0.3 is 5.97 Å². The zero-order valence-electron chi connectivity index (χ0n) is 23.5. The van der Waals surface area contributed by atoms with Crippen LogP contribution in [0.5, 0.6) is 0 Å². The number of carbonyl (C=O) groups is 1. The van der Waals surface area contributed by atoms with Gasteiger partial charge in [0.25, 0.3) is 0 Å². The number of rotatable bonds is 13. The maximum atomic E-state index is 10.0. The summed E-state index contributed by atoms with van der Waals surface area (Å²) in [6.45, 7) is 4.38. The number of carboxylic acid groups (broad SMARTS) is 1. The van der Waals surface area contributed by atoms with Crippen LogP contribution in [0.3, 0.4) is 0 Å². The van der Waals surface area contributed by atoms with E-state index in [0.29, 0.717) is 6.42 Å². The molecule has 0 atom stereocenters. The lowest BCUT2D eigenvalue weighted by Gasteiger charge is -2.10. The molecule has 0 saturated heterocycles. The summed E-state index contributed by atoms with van der Waals surface area (Å²) in [6, 6.07) is 17.8. The maximum absolute atomic E-state index is 10.0. The molecule has 0 bridgehead atoms. The number of aliphatic carboxylic acids is 1. The van der Waals surface area contributed by atoms with Crippen LogP contribution in [0.15, 0.2) is 60.9 Å². The van der Waals surface area contributed by atoms with Crippen molar-refractivity contribution in [1.82, 2.24) is 9.97 Å². The molecule has 3 aromatic rings. The molecule has 38 heavy (non-hydrogen) atoms. The van der Waals surface area contributed by atoms with Gasteiger partial charge in [-0.2, -0.15) is 0 Å². The van der Waals surface area contributed by atoms with E-state index in [0.717, 1.165) is 36.6 Å². The number of aryl methyl sites for hydroxylation is 1. The first kappa shape index (κ1) is 29.5. The van der Waals surface area contributed by atoms with Gasteiger partial charge in [-0.25, -0.2) is 9.97 Å². The molecule has 1 aliphatic rings. The van der Waals surface area contributed by atoms with Gasteiger partial charge in [0.1, 0.15) is 0 Å². The lowest BCUT2D eigenvalue weighted by Crippen LogP contribution is -1.93. The van der Waals surface area contributed by atoms with Crippen LogP contribution < -0.4 is 0 Å². The Morgan fingerprint density at radius 1 is 0.737 bits per heavy atom. The fourth-order valence-electron chi connectivity index (χ4n) is 5.11. The van der Waals surface area contributed by atoms with Crippen LogP contribution in [0.25, 0.3) is 22.5 Å². The molecule has 0 spiro atoms. The van der Waals surface area contributed by atoms with Crippen LogP contribution in [-0.2, 0) is 11.2 Å². The highest BCUT2D eigenvalue weighted by atomic mass is 16.4. The molecule has 1 saturated carbocycles. The third-order valence-electron chi connectivity index (χ3n) is 7.48. The van der Waals surface area contributed by atoms with Crippen molar-refractivity contribution in [3.63, 3.8) is 0 Å². The highest BCUT2D eigenvalue weighted by molar-refractivity contribution is 5.68. The predicted molar refractivity (Wildman–Crippen MR) is 158 cm³/mol. The van der Waals surface area contributed by atoms with E-state index in [-0.39, 0.29) is 0 Å². The van der Waals surface area contributed by atoms with Gasteiger partial charge in [0.15, 0.2) is 5.82 Å². The summed E-state index contributed by atoms with van der Waals surface area (Å²) in [5, 5.41) is 8.27. The van der Waals surface area contributed by atoms with E-state index in [4.69, 9.17) is 5.11 Å². The van der Waals surface area contributed by atoms with Crippen molar-refractivity contribution < 1.29 is 9.90 Å². The smallest absolute Gasteiger partial charge is 0.303 e. The third-order valence-corrected chi connectivity index (χ3v) is 7.48. The average Bonchev–Trinajstić information content (AvgIpc) is 3.49. The quantitative estimate of drug-likeness (QED) is 0.231. The molecule has 4 heteroatoms. The Labute approximate surface area is 230 Å². The Kier molecular flexibility index (Phi) is 13.0. The van der Waals surface area contributed by atoms with Crippen molar-refractivity contribution >= 4 is 5.97 Å². The van der Waals surface area contributed by atoms with Crippen molar-refractivity contribution in [1.29, 1.82) is 0 Å². The molecule has 0 unspecified atom stereocenters. The molecule has 4 nitrogen and oxygen atoms in total. The maximum Gasteiger partial charge on any atom is 0.303 e. The SMILES string of the molecule is CCCCCCCC(=O)O.CCCCCc1cnc(-c2ccc(-c3ccc(C4CCCC4)cc3)cc2)nc1. The number of nitrogens with zero attached hydrogens (tertiary/aromatic N) is 2. The van der Waals surface area contributed by atoms with Crippen LogP contribution in [0.4, 0.5) is 0 Å². The summed E-state index contributed by atoms with van der Waals surface area (Å²) in [4.78, 5) is 19.2. The molecule has 4 rings (SSSR count). The van der Waals surface area contributed by atoms with E-state index in [2.05, 4.69) is 72.3 Å². The minimum absolute atomic E-state index is 0.337. The number of benzene rings is 2. The monoisotopic (exact) mass is 514 g/mol. The molecule has 0 amide bonds. The number of unbranched alkanes of at least 4 members (excludes halogenated alkanes) is 6. The molecule has 204 valence electrons. The first-order valence-electron chi connectivity index (χ1n) is 14.8. The summed E-state index contributed by atoms with van der Waals surface area (Å²) in [5.74, 6) is 0.914. The Morgan fingerprint density at radius 3 is 1.84 bits per heavy atom. The van der Waals surface area contributed by atoms with E-state index in [1.165, 1.54) is 86.5 Å². The standard InChI is InChI=1S/C26H30N2.C8H16O2/c1-2-3-4-7-20-18-27-26(28-19-20)25-16-14-24(15-17-25)23-12-10-22(11-13-23)21-8-5-6-9-21;1-2-3-4-5-6-7-8(9)10/h10-19,21H,2-9H2,1H3;2-7H2,1H3,(H,9,10). The topological polar surface area (TPSA) is 63.1 Å². The van der Waals surface area contributed by atoms with Gasteiger partial charge in [0.2, 0.25) is 0 Å². The first-order valence-corrected chi connectivity index (χ1v) is 14.8. The molecule has 1 fully saturated rings. The van der Waals surface area contributed by atoms with E-state index >= 15 is 0 Å². The lowest BCUT2D eigenvalue weighted by molar-refractivity contribution is -0.137. The predicted octanol–water partition coefficient (Wildman–Crippen LogP) is 9.63. The molecule has 2 aromatic carbocycles. The zero-order chi connectivity index (χ0) is 27.0. The van der Waals surface area contributed by atoms with Crippen LogP contribution in [0.1, 0.15) is 114 Å². The summed E-state index contributed by atoms with van der Waals surface area (Å²) in [5.41, 5.74) is 6.34. The van der Waals surface area contributed by atoms with E-state index in [9.17, 15) is 4.79 Å².